The maximum atomic E-state index is 12.3. The molecule has 0 bridgehead atoms. The summed E-state index contributed by atoms with van der Waals surface area (Å²) in [7, 11) is 0. The molecule has 3 rings (SSSR count). The first-order valence-corrected chi connectivity index (χ1v) is 8.71. The second-order valence-electron chi connectivity index (χ2n) is 7.05. The van der Waals surface area contributed by atoms with E-state index in [2.05, 4.69) is 15.5 Å². The quantitative estimate of drug-likeness (QED) is 0.729. The number of rotatable bonds is 5. The molecule has 1 aromatic heterocycles. The van der Waals surface area contributed by atoms with Crippen molar-refractivity contribution in [2.24, 2.45) is 0 Å². The van der Waals surface area contributed by atoms with Crippen LogP contribution in [0.4, 0.5) is 0 Å². The second-order valence-corrected chi connectivity index (χ2v) is 7.05. The fourth-order valence-electron chi connectivity index (χ4n) is 2.38. The third kappa shape index (κ3) is 3.99. The van der Waals surface area contributed by atoms with Crippen molar-refractivity contribution in [2.45, 2.75) is 39.7 Å². The van der Waals surface area contributed by atoms with Gasteiger partial charge >= 0.3 is 0 Å². The molecule has 0 aliphatic heterocycles. The van der Waals surface area contributed by atoms with Gasteiger partial charge in [-0.1, -0.05) is 24.6 Å². The summed E-state index contributed by atoms with van der Waals surface area (Å²) in [6.07, 6.45) is 0.862. The molecule has 0 saturated heterocycles. The van der Waals surface area contributed by atoms with E-state index in [-0.39, 0.29) is 11.4 Å². The number of hydrogen-bond donors (Lipinski definition) is 1. The first-order valence-electron chi connectivity index (χ1n) is 8.71. The van der Waals surface area contributed by atoms with Crippen molar-refractivity contribution in [1.82, 2.24) is 15.5 Å². The highest BCUT2D eigenvalue weighted by Gasteiger charge is 2.19. The number of nitrogens with zero attached hydrogens (tertiary/aromatic N) is 2. The Morgan fingerprint density at radius 1 is 0.962 bits per heavy atom. The summed E-state index contributed by atoms with van der Waals surface area (Å²) in [5.41, 5.74) is 3.21. The highest BCUT2D eigenvalue weighted by Crippen LogP contribution is 2.24. The van der Waals surface area contributed by atoms with Crippen LogP contribution in [0.25, 0.3) is 22.9 Å². The minimum absolute atomic E-state index is 0.0886. The van der Waals surface area contributed by atoms with Crippen LogP contribution in [0.3, 0.4) is 0 Å². The molecule has 3 aromatic rings. The van der Waals surface area contributed by atoms with Gasteiger partial charge in [0.15, 0.2) is 0 Å². The Balaban J connectivity index is 1.77. The standard InChI is InChI=1S/C21H23N3O2/c1-5-21(3,4)22-18(25)15-10-12-17(13-11-15)20-24-23-19(26-20)16-8-6-14(2)7-9-16/h6-13H,5H2,1-4H3,(H,22,25). The van der Waals surface area contributed by atoms with Crippen LogP contribution in [0.5, 0.6) is 0 Å². The predicted molar refractivity (Wildman–Crippen MR) is 102 cm³/mol. The van der Waals surface area contributed by atoms with Gasteiger partial charge in [-0.15, -0.1) is 10.2 Å². The molecule has 5 nitrogen and oxygen atoms in total. The third-order valence-corrected chi connectivity index (χ3v) is 4.45. The number of carbonyl (C=O) groups excluding carboxylic acids is 1. The van der Waals surface area contributed by atoms with Gasteiger partial charge in [0, 0.05) is 22.2 Å². The van der Waals surface area contributed by atoms with Crippen LogP contribution in [0.1, 0.15) is 43.1 Å². The molecule has 0 aliphatic carbocycles. The molecule has 134 valence electrons. The summed E-state index contributed by atoms with van der Waals surface area (Å²) < 4.78 is 5.77. The topological polar surface area (TPSA) is 68.0 Å². The molecule has 0 aliphatic rings. The molecule has 26 heavy (non-hydrogen) atoms. The van der Waals surface area contributed by atoms with Crippen LogP contribution in [-0.4, -0.2) is 21.6 Å². The van der Waals surface area contributed by atoms with E-state index in [1.54, 1.807) is 12.1 Å². The maximum Gasteiger partial charge on any atom is 0.251 e. The van der Waals surface area contributed by atoms with Crippen molar-refractivity contribution in [3.8, 4) is 22.9 Å². The zero-order valence-electron chi connectivity index (χ0n) is 15.5. The second kappa shape index (κ2) is 7.12. The van der Waals surface area contributed by atoms with Gasteiger partial charge in [0.05, 0.1) is 0 Å². The molecule has 1 amide bonds. The van der Waals surface area contributed by atoms with E-state index in [0.29, 0.717) is 17.3 Å². The SMILES string of the molecule is CCC(C)(C)NC(=O)c1ccc(-c2nnc(-c3ccc(C)cc3)o2)cc1. The van der Waals surface area contributed by atoms with Crippen molar-refractivity contribution < 1.29 is 9.21 Å². The van der Waals surface area contributed by atoms with E-state index in [4.69, 9.17) is 4.42 Å². The van der Waals surface area contributed by atoms with Crippen LogP contribution in [0.15, 0.2) is 52.9 Å². The molecule has 5 heteroatoms. The van der Waals surface area contributed by atoms with E-state index in [1.807, 2.05) is 64.1 Å². The summed E-state index contributed by atoms with van der Waals surface area (Å²) in [6.45, 7) is 8.08. The van der Waals surface area contributed by atoms with Crippen LogP contribution >= 0.6 is 0 Å². The highest BCUT2D eigenvalue weighted by molar-refractivity contribution is 5.95. The lowest BCUT2D eigenvalue weighted by molar-refractivity contribution is 0.0911. The molecule has 0 spiro atoms. The van der Waals surface area contributed by atoms with E-state index >= 15 is 0 Å². The van der Waals surface area contributed by atoms with Gasteiger partial charge in [-0.2, -0.15) is 0 Å². The number of aromatic nitrogens is 2. The Hall–Kier alpha value is -2.95. The first kappa shape index (κ1) is 17.9. The number of amides is 1. The molecular formula is C21H23N3O2. The van der Waals surface area contributed by atoms with Crippen molar-refractivity contribution >= 4 is 5.91 Å². The van der Waals surface area contributed by atoms with Crippen molar-refractivity contribution in [1.29, 1.82) is 0 Å². The average molecular weight is 349 g/mol. The summed E-state index contributed by atoms with van der Waals surface area (Å²) in [4.78, 5) is 12.3. The molecule has 0 atom stereocenters. The smallest absolute Gasteiger partial charge is 0.251 e. The van der Waals surface area contributed by atoms with Crippen LogP contribution < -0.4 is 5.32 Å². The average Bonchev–Trinajstić information content (AvgIpc) is 3.12. The van der Waals surface area contributed by atoms with Gasteiger partial charge in [0.1, 0.15) is 0 Å². The van der Waals surface area contributed by atoms with E-state index < -0.39 is 0 Å². The summed E-state index contributed by atoms with van der Waals surface area (Å²) in [6, 6.07) is 15.1. The van der Waals surface area contributed by atoms with Gasteiger partial charge < -0.3 is 9.73 Å². The van der Waals surface area contributed by atoms with Crippen LogP contribution in [0, 0.1) is 6.92 Å². The number of hydrogen-bond acceptors (Lipinski definition) is 4. The Labute approximate surface area is 153 Å². The molecule has 0 saturated carbocycles. The minimum Gasteiger partial charge on any atom is -0.416 e. The van der Waals surface area contributed by atoms with E-state index in [1.165, 1.54) is 5.56 Å². The minimum atomic E-state index is -0.231. The van der Waals surface area contributed by atoms with Crippen LogP contribution in [-0.2, 0) is 0 Å². The lowest BCUT2D eigenvalue weighted by Gasteiger charge is -2.24. The Bertz CT molecular complexity index is 894. The summed E-state index contributed by atoms with van der Waals surface area (Å²) in [5.74, 6) is 0.821. The summed E-state index contributed by atoms with van der Waals surface area (Å²) >= 11 is 0. The zero-order valence-corrected chi connectivity index (χ0v) is 15.5. The van der Waals surface area contributed by atoms with E-state index in [9.17, 15) is 4.79 Å². The van der Waals surface area contributed by atoms with Gasteiger partial charge in [-0.05, 0) is 63.6 Å². The lowest BCUT2D eigenvalue weighted by Crippen LogP contribution is -2.42. The Morgan fingerprint density at radius 3 is 1.96 bits per heavy atom. The number of nitrogens with one attached hydrogen (secondary N) is 1. The largest absolute Gasteiger partial charge is 0.416 e. The molecule has 1 heterocycles. The summed E-state index contributed by atoms with van der Waals surface area (Å²) in [5, 5.41) is 11.3. The number of benzene rings is 2. The van der Waals surface area contributed by atoms with Crippen molar-refractivity contribution in [2.75, 3.05) is 0 Å². The lowest BCUT2D eigenvalue weighted by atomic mass is 10.0. The predicted octanol–water partition coefficient (Wildman–Crippen LogP) is 4.63. The Morgan fingerprint density at radius 2 is 1.46 bits per heavy atom. The normalized spacial score (nSPS) is 11.4. The fraction of sp³-hybridized carbons (Fsp3) is 0.286. The molecule has 0 unspecified atom stereocenters. The number of aryl methyl sites for hydroxylation is 1. The molecule has 0 fully saturated rings. The number of carbonyl (C=O) groups is 1. The van der Waals surface area contributed by atoms with Gasteiger partial charge in [-0.25, -0.2) is 0 Å². The van der Waals surface area contributed by atoms with Gasteiger partial charge in [-0.3, -0.25) is 4.79 Å². The molecule has 0 radical (unpaired) electrons. The maximum absolute atomic E-state index is 12.3. The fourth-order valence-corrected chi connectivity index (χ4v) is 2.38. The zero-order chi connectivity index (χ0) is 18.7. The molecular weight excluding hydrogens is 326 g/mol. The molecule has 2 aromatic carbocycles. The van der Waals surface area contributed by atoms with Crippen molar-refractivity contribution in [3.63, 3.8) is 0 Å². The van der Waals surface area contributed by atoms with Crippen LogP contribution in [0.2, 0.25) is 0 Å². The Kier molecular flexibility index (Phi) is 4.89. The van der Waals surface area contributed by atoms with Gasteiger partial charge in [0.2, 0.25) is 11.8 Å². The monoisotopic (exact) mass is 349 g/mol. The van der Waals surface area contributed by atoms with Crippen molar-refractivity contribution in [3.05, 3.63) is 59.7 Å². The third-order valence-electron chi connectivity index (χ3n) is 4.45. The first-order chi connectivity index (χ1) is 12.4. The molecule has 1 N–H and O–H groups in total. The van der Waals surface area contributed by atoms with E-state index in [0.717, 1.165) is 17.5 Å². The van der Waals surface area contributed by atoms with Gasteiger partial charge in [0.25, 0.3) is 5.91 Å². The highest BCUT2D eigenvalue weighted by atomic mass is 16.4.